The zero-order valence-electron chi connectivity index (χ0n) is 5.82. The first-order valence-corrected chi connectivity index (χ1v) is 4.77. The Balaban J connectivity index is 3.81. The number of hydrogen-bond donors (Lipinski definition) is 0. The standard InChI is InChI=1S/C6H10Cl4/c1-3(7)5(9)6(10)4(2)8/h3-6H,1-2H3. The van der Waals surface area contributed by atoms with Gasteiger partial charge in [0.2, 0.25) is 0 Å². The van der Waals surface area contributed by atoms with Crippen molar-refractivity contribution in [1.29, 1.82) is 0 Å². The predicted molar refractivity (Wildman–Crippen MR) is 49.9 cm³/mol. The van der Waals surface area contributed by atoms with Crippen LogP contribution in [0, 0.1) is 0 Å². The monoisotopic (exact) mass is 222 g/mol. The van der Waals surface area contributed by atoms with E-state index in [0.29, 0.717) is 0 Å². The van der Waals surface area contributed by atoms with Gasteiger partial charge in [-0.25, -0.2) is 0 Å². The van der Waals surface area contributed by atoms with Gasteiger partial charge in [-0.05, 0) is 13.8 Å². The Morgan fingerprint density at radius 2 is 0.900 bits per heavy atom. The largest absolute Gasteiger partial charge is 0.122 e. The molecule has 10 heavy (non-hydrogen) atoms. The van der Waals surface area contributed by atoms with Crippen LogP contribution in [0.4, 0.5) is 0 Å². The van der Waals surface area contributed by atoms with E-state index in [2.05, 4.69) is 0 Å². The molecule has 4 heteroatoms. The van der Waals surface area contributed by atoms with Gasteiger partial charge in [-0.2, -0.15) is 0 Å². The van der Waals surface area contributed by atoms with E-state index < -0.39 is 0 Å². The van der Waals surface area contributed by atoms with Crippen LogP contribution in [0.3, 0.4) is 0 Å². The van der Waals surface area contributed by atoms with E-state index in [1.165, 1.54) is 0 Å². The van der Waals surface area contributed by atoms with Crippen LogP contribution in [0.15, 0.2) is 0 Å². The molecule has 0 aromatic rings. The topological polar surface area (TPSA) is 0 Å². The van der Waals surface area contributed by atoms with Crippen molar-refractivity contribution in [2.24, 2.45) is 0 Å². The van der Waals surface area contributed by atoms with Gasteiger partial charge >= 0.3 is 0 Å². The van der Waals surface area contributed by atoms with Crippen LogP contribution in [0.1, 0.15) is 13.8 Å². The van der Waals surface area contributed by atoms with Gasteiger partial charge in [-0.15, -0.1) is 46.4 Å². The maximum absolute atomic E-state index is 5.81. The predicted octanol–water partition coefficient (Wildman–Crippen LogP) is 3.46. The van der Waals surface area contributed by atoms with Gasteiger partial charge < -0.3 is 0 Å². The minimum atomic E-state index is -0.268. The van der Waals surface area contributed by atoms with Crippen molar-refractivity contribution in [2.75, 3.05) is 0 Å². The molecule has 0 aliphatic heterocycles. The highest BCUT2D eigenvalue weighted by Gasteiger charge is 2.25. The number of halogens is 4. The third kappa shape index (κ3) is 3.52. The molecule has 0 saturated heterocycles. The van der Waals surface area contributed by atoms with Gasteiger partial charge in [0.05, 0.1) is 10.8 Å². The lowest BCUT2D eigenvalue weighted by Crippen LogP contribution is -2.29. The average molecular weight is 224 g/mol. The highest BCUT2D eigenvalue weighted by atomic mass is 35.5. The van der Waals surface area contributed by atoms with Crippen LogP contribution < -0.4 is 0 Å². The zero-order chi connectivity index (χ0) is 8.31. The van der Waals surface area contributed by atoms with Crippen molar-refractivity contribution >= 4 is 46.4 Å². The zero-order valence-corrected chi connectivity index (χ0v) is 8.84. The molecule has 4 unspecified atom stereocenters. The fraction of sp³-hybridized carbons (Fsp3) is 1.00. The molecule has 62 valence electrons. The summed E-state index contributed by atoms with van der Waals surface area (Å²) in [5.41, 5.74) is 0. The van der Waals surface area contributed by atoms with Crippen LogP contribution in [-0.4, -0.2) is 21.5 Å². The maximum Gasteiger partial charge on any atom is 0.0674 e. The summed E-state index contributed by atoms with van der Waals surface area (Å²) in [7, 11) is 0. The van der Waals surface area contributed by atoms with Crippen LogP contribution in [0.2, 0.25) is 0 Å². The lowest BCUT2D eigenvalue weighted by Gasteiger charge is -2.19. The molecule has 0 aromatic heterocycles. The van der Waals surface area contributed by atoms with E-state index in [0.717, 1.165) is 0 Å². The molecule has 0 heterocycles. The van der Waals surface area contributed by atoms with E-state index in [-0.39, 0.29) is 21.5 Å². The molecule has 4 atom stereocenters. The molecule has 0 nitrogen and oxygen atoms in total. The molecule has 0 N–H and O–H groups in total. The van der Waals surface area contributed by atoms with E-state index in [9.17, 15) is 0 Å². The molecule has 0 spiro atoms. The van der Waals surface area contributed by atoms with Gasteiger partial charge in [-0.1, -0.05) is 0 Å². The summed E-state index contributed by atoms with van der Waals surface area (Å²) in [5, 5.41) is -0.831. The molecular weight excluding hydrogens is 214 g/mol. The highest BCUT2D eigenvalue weighted by Crippen LogP contribution is 2.23. The van der Waals surface area contributed by atoms with Gasteiger partial charge in [0.25, 0.3) is 0 Å². The number of alkyl halides is 4. The second-order valence-corrected chi connectivity index (χ2v) is 4.63. The third-order valence-corrected chi connectivity index (χ3v) is 3.41. The van der Waals surface area contributed by atoms with Crippen molar-refractivity contribution in [3.63, 3.8) is 0 Å². The third-order valence-electron chi connectivity index (χ3n) is 1.18. The second kappa shape index (κ2) is 4.92. The number of rotatable bonds is 3. The Bertz CT molecular complexity index is 79.7. The lowest BCUT2D eigenvalue weighted by atomic mass is 10.2. The molecule has 0 saturated carbocycles. The summed E-state index contributed by atoms with van der Waals surface area (Å²) in [6, 6.07) is 0. The van der Waals surface area contributed by atoms with Crippen molar-refractivity contribution < 1.29 is 0 Å². The molecular formula is C6H10Cl4. The Kier molecular flexibility index (Phi) is 5.49. The highest BCUT2D eigenvalue weighted by molar-refractivity contribution is 6.37. The van der Waals surface area contributed by atoms with Crippen LogP contribution in [0.25, 0.3) is 0 Å². The van der Waals surface area contributed by atoms with Crippen molar-refractivity contribution in [3.8, 4) is 0 Å². The van der Waals surface area contributed by atoms with Crippen molar-refractivity contribution in [3.05, 3.63) is 0 Å². The summed E-state index contributed by atoms with van der Waals surface area (Å²) in [4.78, 5) is 0. The molecule has 0 aromatic carbocycles. The first-order valence-electron chi connectivity index (χ1n) is 3.03. The average Bonchev–Trinajstić information content (AvgIpc) is 1.84. The minimum Gasteiger partial charge on any atom is -0.122 e. The minimum absolute atomic E-state index is 0.148. The summed E-state index contributed by atoms with van der Waals surface area (Å²) in [5.74, 6) is 0. The van der Waals surface area contributed by atoms with E-state index in [4.69, 9.17) is 46.4 Å². The molecule has 0 aliphatic carbocycles. The molecule has 0 bridgehead atoms. The van der Waals surface area contributed by atoms with Crippen LogP contribution in [-0.2, 0) is 0 Å². The Morgan fingerprint density at radius 1 is 0.700 bits per heavy atom. The molecule has 0 aliphatic rings. The van der Waals surface area contributed by atoms with Crippen LogP contribution in [0.5, 0.6) is 0 Å². The fourth-order valence-corrected chi connectivity index (χ4v) is 1.41. The van der Waals surface area contributed by atoms with Crippen molar-refractivity contribution in [2.45, 2.75) is 35.4 Å². The van der Waals surface area contributed by atoms with Gasteiger partial charge in [0.15, 0.2) is 0 Å². The summed E-state index contributed by atoms with van der Waals surface area (Å²) in [6.07, 6.45) is 0. The van der Waals surface area contributed by atoms with Gasteiger partial charge in [0.1, 0.15) is 0 Å². The van der Waals surface area contributed by atoms with Crippen molar-refractivity contribution in [1.82, 2.24) is 0 Å². The van der Waals surface area contributed by atoms with Crippen LogP contribution >= 0.6 is 46.4 Å². The SMILES string of the molecule is CC(Cl)C(Cl)C(Cl)C(C)Cl. The first-order chi connectivity index (χ1) is 4.46. The van der Waals surface area contributed by atoms with E-state index in [1.807, 2.05) is 0 Å². The molecule has 0 radical (unpaired) electrons. The smallest absolute Gasteiger partial charge is 0.0674 e. The van der Waals surface area contributed by atoms with E-state index in [1.54, 1.807) is 13.8 Å². The summed E-state index contributed by atoms with van der Waals surface area (Å²) in [6.45, 7) is 3.60. The number of hydrogen-bond acceptors (Lipinski definition) is 0. The first kappa shape index (κ1) is 11.2. The van der Waals surface area contributed by atoms with E-state index >= 15 is 0 Å². The normalized spacial score (nSPS) is 23.4. The molecule has 0 rings (SSSR count). The fourth-order valence-electron chi connectivity index (χ4n) is 0.507. The molecule has 0 amide bonds. The summed E-state index contributed by atoms with van der Waals surface area (Å²) < 4.78 is 0. The Hall–Kier alpha value is 1.16. The lowest BCUT2D eigenvalue weighted by molar-refractivity contribution is 0.731. The Morgan fingerprint density at radius 3 is 1.00 bits per heavy atom. The maximum atomic E-state index is 5.81. The molecule has 0 fully saturated rings. The quantitative estimate of drug-likeness (QED) is 0.644. The Labute approximate surface area is 81.8 Å². The van der Waals surface area contributed by atoms with Gasteiger partial charge in [0, 0.05) is 10.8 Å². The summed E-state index contributed by atoms with van der Waals surface area (Å²) >= 11 is 23.0. The second-order valence-electron chi connectivity index (χ2n) is 2.24. The van der Waals surface area contributed by atoms with Gasteiger partial charge in [-0.3, -0.25) is 0 Å².